The number of aromatic hydroxyl groups is 1. The third kappa shape index (κ3) is 2.17. The van der Waals surface area contributed by atoms with Gasteiger partial charge in [-0.1, -0.05) is 6.07 Å². The van der Waals surface area contributed by atoms with Gasteiger partial charge >= 0.3 is 6.18 Å². The predicted octanol–water partition coefficient (Wildman–Crippen LogP) is 2.30. The van der Waals surface area contributed by atoms with Gasteiger partial charge in [0, 0.05) is 0 Å². The van der Waals surface area contributed by atoms with Gasteiger partial charge in [-0.05, 0) is 30.2 Å². The van der Waals surface area contributed by atoms with Crippen molar-refractivity contribution >= 4 is 0 Å². The van der Waals surface area contributed by atoms with Crippen LogP contribution in [0.1, 0.15) is 17.2 Å². The molecular weight excluding hydrogens is 197 g/mol. The number of aliphatic hydroxyl groups is 1. The number of hydrogen-bond acceptors (Lipinski definition) is 2. The topological polar surface area (TPSA) is 40.5 Å². The summed E-state index contributed by atoms with van der Waals surface area (Å²) in [7, 11) is 0. The molecule has 2 nitrogen and oxygen atoms in total. The molecule has 1 atom stereocenters. The molecule has 1 rings (SSSR count). The van der Waals surface area contributed by atoms with Gasteiger partial charge in [-0.15, -0.1) is 0 Å². The van der Waals surface area contributed by atoms with Crippen LogP contribution in [0.3, 0.4) is 0 Å². The van der Waals surface area contributed by atoms with E-state index in [4.69, 9.17) is 10.2 Å². The summed E-state index contributed by atoms with van der Waals surface area (Å²) in [6.07, 6.45) is -7.18. The largest absolute Gasteiger partial charge is 0.508 e. The minimum atomic E-state index is -4.68. The van der Waals surface area contributed by atoms with E-state index >= 15 is 0 Å². The number of phenols is 1. The average molecular weight is 206 g/mol. The third-order valence-corrected chi connectivity index (χ3v) is 1.86. The lowest BCUT2D eigenvalue weighted by atomic mass is 10.0. The Bertz CT molecular complexity index is 333. The van der Waals surface area contributed by atoms with E-state index in [1.165, 1.54) is 13.0 Å². The zero-order chi connectivity index (χ0) is 10.9. The molecule has 5 heteroatoms. The summed E-state index contributed by atoms with van der Waals surface area (Å²) in [5.74, 6) is -0.124. The summed E-state index contributed by atoms with van der Waals surface area (Å²) >= 11 is 0. The predicted molar refractivity (Wildman–Crippen MR) is 43.9 cm³/mol. The molecule has 0 bridgehead atoms. The summed E-state index contributed by atoms with van der Waals surface area (Å²) in [6, 6.07) is 3.34. The van der Waals surface area contributed by atoms with Gasteiger partial charge in [-0.3, -0.25) is 0 Å². The molecule has 0 aromatic heterocycles. The normalized spacial score (nSPS) is 14.1. The SMILES string of the molecule is Cc1cc(O)ccc1C(O)C(F)(F)F. The van der Waals surface area contributed by atoms with Crippen molar-refractivity contribution in [2.24, 2.45) is 0 Å². The molecule has 0 aliphatic carbocycles. The number of rotatable bonds is 1. The minimum Gasteiger partial charge on any atom is -0.508 e. The van der Waals surface area contributed by atoms with Gasteiger partial charge in [-0.25, -0.2) is 0 Å². The highest BCUT2D eigenvalue weighted by Gasteiger charge is 2.39. The first-order valence-electron chi connectivity index (χ1n) is 3.86. The first-order chi connectivity index (χ1) is 6.32. The molecule has 0 amide bonds. The van der Waals surface area contributed by atoms with Gasteiger partial charge in [0.25, 0.3) is 0 Å². The van der Waals surface area contributed by atoms with E-state index < -0.39 is 12.3 Å². The standard InChI is InChI=1S/C9H9F3O2/c1-5-4-6(13)2-3-7(5)8(14)9(10,11)12/h2-4,8,13-14H,1H3. The number of aryl methyl sites for hydroxylation is 1. The Balaban J connectivity index is 3.08. The van der Waals surface area contributed by atoms with Gasteiger partial charge < -0.3 is 10.2 Å². The number of phenolic OH excluding ortho intramolecular Hbond substituents is 1. The number of benzene rings is 1. The summed E-state index contributed by atoms with van der Waals surface area (Å²) in [6.45, 7) is 1.39. The number of alkyl halides is 3. The van der Waals surface area contributed by atoms with E-state index in [2.05, 4.69) is 0 Å². The van der Waals surface area contributed by atoms with Crippen molar-refractivity contribution in [1.82, 2.24) is 0 Å². The van der Waals surface area contributed by atoms with Crippen molar-refractivity contribution in [3.8, 4) is 5.75 Å². The van der Waals surface area contributed by atoms with Crippen molar-refractivity contribution in [1.29, 1.82) is 0 Å². The van der Waals surface area contributed by atoms with Crippen LogP contribution in [0.25, 0.3) is 0 Å². The molecule has 0 radical (unpaired) electrons. The van der Waals surface area contributed by atoms with Crippen molar-refractivity contribution in [3.63, 3.8) is 0 Å². The molecule has 0 saturated carbocycles. The molecule has 14 heavy (non-hydrogen) atoms. The molecule has 0 heterocycles. The van der Waals surface area contributed by atoms with E-state index in [-0.39, 0.29) is 16.9 Å². The highest BCUT2D eigenvalue weighted by molar-refractivity contribution is 5.35. The molecular formula is C9H9F3O2. The monoisotopic (exact) mass is 206 g/mol. The van der Waals surface area contributed by atoms with E-state index in [0.717, 1.165) is 12.1 Å². The highest BCUT2D eigenvalue weighted by Crippen LogP contribution is 2.34. The number of hydrogen-bond donors (Lipinski definition) is 2. The maximum absolute atomic E-state index is 12.1. The van der Waals surface area contributed by atoms with Crippen LogP contribution in [0.4, 0.5) is 13.2 Å². The van der Waals surface area contributed by atoms with E-state index in [1.807, 2.05) is 0 Å². The van der Waals surface area contributed by atoms with Gasteiger partial charge in [0.2, 0.25) is 0 Å². The lowest BCUT2D eigenvalue weighted by molar-refractivity contribution is -0.206. The Kier molecular flexibility index (Phi) is 2.71. The average Bonchev–Trinajstić information content (AvgIpc) is 2.01. The van der Waals surface area contributed by atoms with Crippen LogP contribution in [-0.4, -0.2) is 16.4 Å². The molecule has 0 aliphatic rings. The van der Waals surface area contributed by atoms with Crippen LogP contribution in [0.5, 0.6) is 5.75 Å². The van der Waals surface area contributed by atoms with Crippen LogP contribution >= 0.6 is 0 Å². The van der Waals surface area contributed by atoms with E-state index in [9.17, 15) is 13.2 Å². The summed E-state index contributed by atoms with van der Waals surface area (Å²) in [5, 5.41) is 17.9. The molecule has 0 fully saturated rings. The summed E-state index contributed by atoms with van der Waals surface area (Å²) in [5.41, 5.74) is -0.0369. The maximum Gasteiger partial charge on any atom is 0.418 e. The molecule has 1 aromatic rings. The fraction of sp³-hybridized carbons (Fsp3) is 0.333. The smallest absolute Gasteiger partial charge is 0.418 e. The Morgan fingerprint density at radius 2 is 1.86 bits per heavy atom. The van der Waals surface area contributed by atoms with Crippen LogP contribution in [-0.2, 0) is 0 Å². The van der Waals surface area contributed by atoms with Gasteiger partial charge in [0.15, 0.2) is 6.10 Å². The summed E-state index contributed by atoms with van der Waals surface area (Å²) in [4.78, 5) is 0. The lowest BCUT2D eigenvalue weighted by Crippen LogP contribution is -2.20. The third-order valence-electron chi connectivity index (χ3n) is 1.86. The minimum absolute atomic E-state index is 0.124. The Morgan fingerprint density at radius 1 is 1.29 bits per heavy atom. The molecule has 78 valence electrons. The lowest BCUT2D eigenvalue weighted by Gasteiger charge is -2.16. The quantitative estimate of drug-likeness (QED) is 0.740. The van der Waals surface area contributed by atoms with Crippen LogP contribution < -0.4 is 0 Å². The Morgan fingerprint density at radius 3 is 2.29 bits per heavy atom. The summed E-state index contributed by atoms with van der Waals surface area (Å²) < 4.78 is 36.3. The zero-order valence-corrected chi connectivity index (χ0v) is 7.34. The molecule has 1 aromatic carbocycles. The Hall–Kier alpha value is -1.23. The fourth-order valence-corrected chi connectivity index (χ4v) is 1.14. The maximum atomic E-state index is 12.1. The Labute approximate surface area is 78.6 Å². The number of aliphatic hydroxyl groups excluding tert-OH is 1. The van der Waals surface area contributed by atoms with Crippen LogP contribution in [0.2, 0.25) is 0 Å². The van der Waals surface area contributed by atoms with Gasteiger partial charge in [-0.2, -0.15) is 13.2 Å². The molecule has 0 saturated heterocycles. The van der Waals surface area contributed by atoms with Crippen LogP contribution in [0.15, 0.2) is 18.2 Å². The fourth-order valence-electron chi connectivity index (χ4n) is 1.14. The van der Waals surface area contributed by atoms with E-state index in [0.29, 0.717) is 0 Å². The molecule has 2 N–H and O–H groups in total. The first kappa shape index (κ1) is 10.8. The molecule has 0 spiro atoms. The van der Waals surface area contributed by atoms with Crippen LogP contribution in [0, 0.1) is 6.92 Å². The van der Waals surface area contributed by atoms with E-state index in [1.54, 1.807) is 0 Å². The first-order valence-corrected chi connectivity index (χ1v) is 3.86. The zero-order valence-electron chi connectivity index (χ0n) is 7.34. The molecule has 0 aliphatic heterocycles. The van der Waals surface area contributed by atoms with Crippen molar-refractivity contribution < 1.29 is 23.4 Å². The van der Waals surface area contributed by atoms with Gasteiger partial charge in [0.05, 0.1) is 0 Å². The second-order valence-electron chi connectivity index (χ2n) is 2.99. The van der Waals surface area contributed by atoms with Gasteiger partial charge in [0.1, 0.15) is 5.75 Å². The molecule has 1 unspecified atom stereocenters. The number of halogens is 3. The van der Waals surface area contributed by atoms with Crippen molar-refractivity contribution in [2.75, 3.05) is 0 Å². The highest BCUT2D eigenvalue weighted by atomic mass is 19.4. The second-order valence-corrected chi connectivity index (χ2v) is 2.99. The second kappa shape index (κ2) is 3.49. The van der Waals surface area contributed by atoms with Crippen molar-refractivity contribution in [3.05, 3.63) is 29.3 Å². The van der Waals surface area contributed by atoms with Crippen molar-refractivity contribution in [2.45, 2.75) is 19.2 Å².